The van der Waals surface area contributed by atoms with Gasteiger partial charge in [0.05, 0.1) is 13.3 Å². The lowest BCUT2D eigenvalue weighted by atomic mass is 10.2. The molecule has 0 spiro atoms. The molecule has 0 aliphatic carbocycles. The zero-order valence-corrected chi connectivity index (χ0v) is 19.4. The van der Waals surface area contributed by atoms with E-state index in [0.29, 0.717) is 18.0 Å². The molecule has 1 aromatic heterocycles. The first-order chi connectivity index (χ1) is 15.4. The molecular formula is C25H34N4O3. The summed E-state index contributed by atoms with van der Waals surface area (Å²) in [7, 11) is 7.62. The van der Waals surface area contributed by atoms with Crippen molar-refractivity contribution >= 4 is 0 Å². The van der Waals surface area contributed by atoms with E-state index in [-0.39, 0.29) is 6.61 Å². The summed E-state index contributed by atoms with van der Waals surface area (Å²) in [6.07, 6.45) is 3.30. The lowest BCUT2D eigenvalue weighted by Crippen LogP contribution is -2.32. The molecule has 1 heterocycles. The van der Waals surface area contributed by atoms with Crippen LogP contribution in [0, 0.1) is 0 Å². The Labute approximate surface area is 190 Å². The first kappa shape index (κ1) is 23.8. The van der Waals surface area contributed by atoms with Crippen LogP contribution in [0.4, 0.5) is 0 Å². The van der Waals surface area contributed by atoms with Crippen LogP contribution in [0.15, 0.2) is 60.9 Å². The van der Waals surface area contributed by atoms with Gasteiger partial charge >= 0.3 is 0 Å². The van der Waals surface area contributed by atoms with Gasteiger partial charge in [0, 0.05) is 45.0 Å². The Hall–Kier alpha value is -2.87. The van der Waals surface area contributed by atoms with Crippen LogP contribution in [0.3, 0.4) is 0 Å². The summed E-state index contributed by atoms with van der Waals surface area (Å²) in [6, 6.07) is 16.2. The molecule has 7 nitrogen and oxygen atoms in total. The number of nitrogens with zero attached hydrogens (tertiary/aromatic N) is 4. The molecule has 0 aliphatic heterocycles. The van der Waals surface area contributed by atoms with Crippen LogP contribution in [0.25, 0.3) is 0 Å². The topological polar surface area (TPSA) is 63.0 Å². The maximum absolute atomic E-state index is 10.5. The second kappa shape index (κ2) is 11.7. The Bertz CT molecular complexity index is 961. The van der Waals surface area contributed by atoms with Crippen LogP contribution in [0.5, 0.6) is 11.5 Å². The van der Waals surface area contributed by atoms with Gasteiger partial charge in [-0.15, -0.1) is 0 Å². The number of rotatable bonds is 12. The number of likely N-dealkylation sites (N-methyl/N-ethyl adjacent to an activating group) is 1. The quantitative estimate of drug-likeness (QED) is 0.469. The van der Waals surface area contributed by atoms with Crippen LogP contribution < -0.4 is 9.47 Å². The Morgan fingerprint density at radius 1 is 0.938 bits per heavy atom. The van der Waals surface area contributed by atoms with Crippen LogP contribution in [0.2, 0.25) is 0 Å². The molecule has 7 heteroatoms. The average molecular weight is 439 g/mol. The van der Waals surface area contributed by atoms with Crippen molar-refractivity contribution in [3.8, 4) is 11.5 Å². The maximum atomic E-state index is 10.5. The van der Waals surface area contributed by atoms with Crippen LogP contribution in [0.1, 0.15) is 16.7 Å². The third-order valence-corrected chi connectivity index (χ3v) is 5.14. The number of hydrogen-bond donors (Lipinski definition) is 1. The fraction of sp³-hybridized carbons (Fsp3) is 0.400. The number of benzene rings is 2. The van der Waals surface area contributed by atoms with Gasteiger partial charge in [0.1, 0.15) is 12.7 Å². The monoisotopic (exact) mass is 438 g/mol. The Balaban J connectivity index is 1.53. The third kappa shape index (κ3) is 7.37. The standard InChI is InChI=1S/C25H34N4O3/c1-27(16-22-13-26-29(3)17-22)15-21-10-11-24(31-4)25(12-21)32-19-23(30)18-28(2)14-20-8-6-5-7-9-20/h5-13,17,23,30H,14-16,18-19H2,1-4H3/t23-/m1/s1. The van der Waals surface area contributed by atoms with Gasteiger partial charge in [-0.05, 0) is 37.4 Å². The van der Waals surface area contributed by atoms with E-state index >= 15 is 0 Å². The van der Waals surface area contributed by atoms with Gasteiger partial charge in [0.25, 0.3) is 0 Å². The van der Waals surface area contributed by atoms with Gasteiger partial charge in [-0.3, -0.25) is 14.5 Å². The van der Waals surface area contributed by atoms with Crippen molar-refractivity contribution in [2.24, 2.45) is 7.05 Å². The molecule has 0 saturated carbocycles. The highest BCUT2D eigenvalue weighted by molar-refractivity contribution is 5.43. The van der Waals surface area contributed by atoms with Gasteiger partial charge in [-0.1, -0.05) is 36.4 Å². The highest BCUT2D eigenvalue weighted by Crippen LogP contribution is 2.29. The number of aliphatic hydroxyl groups excluding tert-OH is 1. The Morgan fingerprint density at radius 2 is 1.66 bits per heavy atom. The smallest absolute Gasteiger partial charge is 0.161 e. The third-order valence-electron chi connectivity index (χ3n) is 5.14. The zero-order chi connectivity index (χ0) is 22.9. The normalized spacial score (nSPS) is 12.3. The van der Waals surface area contributed by atoms with E-state index in [0.717, 1.165) is 25.2 Å². The van der Waals surface area contributed by atoms with Crippen molar-refractivity contribution < 1.29 is 14.6 Å². The molecule has 0 fully saturated rings. The summed E-state index contributed by atoms with van der Waals surface area (Å²) in [6.45, 7) is 3.06. The molecule has 32 heavy (non-hydrogen) atoms. The predicted octanol–water partition coefficient (Wildman–Crippen LogP) is 2.93. The molecule has 0 saturated heterocycles. The van der Waals surface area contributed by atoms with E-state index in [1.54, 1.807) is 7.11 Å². The van der Waals surface area contributed by atoms with Gasteiger partial charge in [-0.25, -0.2) is 0 Å². The van der Waals surface area contributed by atoms with Crippen LogP contribution in [-0.2, 0) is 26.7 Å². The van der Waals surface area contributed by atoms with E-state index < -0.39 is 6.10 Å². The summed E-state index contributed by atoms with van der Waals surface area (Å²) < 4.78 is 13.2. The van der Waals surface area contributed by atoms with Crippen molar-refractivity contribution in [3.05, 3.63) is 77.6 Å². The summed E-state index contributed by atoms with van der Waals surface area (Å²) in [5, 5.41) is 14.7. The summed E-state index contributed by atoms with van der Waals surface area (Å²) in [4.78, 5) is 4.31. The molecule has 1 N–H and O–H groups in total. The highest BCUT2D eigenvalue weighted by atomic mass is 16.5. The van der Waals surface area contributed by atoms with E-state index in [4.69, 9.17) is 9.47 Å². The van der Waals surface area contributed by atoms with E-state index in [1.807, 2.05) is 67.6 Å². The molecule has 2 aromatic carbocycles. The molecule has 3 aromatic rings. The lowest BCUT2D eigenvalue weighted by Gasteiger charge is -2.22. The van der Waals surface area contributed by atoms with Gasteiger partial charge in [0.15, 0.2) is 11.5 Å². The van der Waals surface area contributed by atoms with Crippen molar-refractivity contribution in [1.29, 1.82) is 0 Å². The van der Waals surface area contributed by atoms with Gasteiger partial charge < -0.3 is 14.6 Å². The number of aliphatic hydroxyl groups is 1. The number of ether oxygens (including phenoxy) is 2. The number of hydrogen-bond acceptors (Lipinski definition) is 6. The van der Waals surface area contributed by atoms with Crippen LogP contribution >= 0.6 is 0 Å². The first-order valence-electron chi connectivity index (χ1n) is 10.8. The number of aryl methyl sites for hydroxylation is 1. The van der Waals surface area contributed by atoms with Crippen molar-refractivity contribution in [3.63, 3.8) is 0 Å². The van der Waals surface area contributed by atoms with Gasteiger partial charge in [-0.2, -0.15) is 5.10 Å². The van der Waals surface area contributed by atoms with Gasteiger partial charge in [0.2, 0.25) is 0 Å². The highest BCUT2D eigenvalue weighted by Gasteiger charge is 2.13. The van der Waals surface area contributed by atoms with E-state index in [2.05, 4.69) is 34.1 Å². The minimum atomic E-state index is -0.606. The molecule has 0 amide bonds. The number of aromatic nitrogens is 2. The maximum Gasteiger partial charge on any atom is 0.161 e. The summed E-state index contributed by atoms with van der Waals surface area (Å²) >= 11 is 0. The fourth-order valence-electron chi connectivity index (χ4n) is 3.72. The van der Waals surface area contributed by atoms with Crippen molar-refractivity contribution in [1.82, 2.24) is 19.6 Å². The van der Waals surface area contributed by atoms with Crippen LogP contribution in [-0.4, -0.2) is 65.1 Å². The van der Waals surface area contributed by atoms with Crippen molar-refractivity contribution in [2.45, 2.75) is 25.7 Å². The summed E-state index contributed by atoms with van der Waals surface area (Å²) in [5.74, 6) is 1.30. The molecule has 0 radical (unpaired) electrons. The molecule has 0 aliphatic rings. The predicted molar refractivity (Wildman–Crippen MR) is 126 cm³/mol. The molecule has 172 valence electrons. The minimum Gasteiger partial charge on any atom is -0.493 e. The fourth-order valence-corrected chi connectivity index (χ4v) is 3.72. The molecule has 1 atom stereocenters. The average Bonchev–Trinajstić information content (AvgIpc) is 3.17. The second-order valence-corrected chi connectivity index (χ2v) is 8.33. The SMILES string of the molecule is COc1ccc(CN(C)Cc2cnn(C)c2)cc1OC[C@H](O)CN(C)Cc1ccccc1. The Morgan fingerprint density at radius 3 is 2.34 bits per heavy atom. The number of methoxy groups -OCH3 is 1. The van der Waals surface area contributed by atoms with Crippen molar-refractivity contribution in [2.75, 3.05) is 34.4 Å². The zero-order valence-electron chi connectivity index (χ0n) is 19.4. The van der Waals surface area contributed by atoms with E-state index in [9.17, 15) is 5.11 Å². The second-order valence-electron chi connectivity index (χ2n) is 8.33. The molecule has 3 rings (SSSR count). The Kier molecular flexibility index (Phi) is 8.67. The van der Waals surface area contributed by atoms with E-state index in [1.165, 1.54) is 11.1 Å². The molecule has 0 unspecified atom stereocenters. The lowest BCUT2D eigenvalue weighted by molar-refractivity contribution is 0.0732. The largest absolute Gasteiger partial charge is 0.493 e. The minimum absolute atomic E-state index is 0.199. The summed E-state index contributed by atoms with van der Waals surface area (Å²) in [5.41, 5.74) is 3.50. The molecule has 0 bridgehead atoms. The molecular weight excluding hydrogens is 404 g/mol. The first-order valence-corrected chi connectivity index (χ1v) is 10.8.